The molecule has 190 valence electrons. The van der Waals surface area contributed by atoms with Crippen LogP contribution in [0.15, 0.2) is 66.3 Å². The van der Waals surface area contributed by atoms with Crippen molar-refractivity contribution < 1.29 is 14.3 Å². The van der Waals surface area contributed by atoms with Crippen molar-refractivity contribution in [3.8, 4) is 0 Å². The first-order valence-electron chi connectivity index (χ1n) is 12.3. The van der Waals surface area contributed by atoms with E-state index in [-0.39, 0.29) is 11.8 Å². The van der Waals surface area contributed by atoms with Crippen LogP contribution in [0.1, 0.15) is 49.5 Å². The second-order valence-corrected chi connectivity index (χ2v) is 8.95. The molecule has 35 heavy (non-hydrogen) atoms. The summed E-state index contributed by atoms with van der Waals surface area (Å²) in [6, 6.07) is 7.72. The lowest BCUT2D eigenvalue weighted by atomic mass is 9.85. The fraction of sp³-hybridized carbons (Fsp3) is 0.448. The number of likely N-dealkylation sites (tertiary alicyclic amines) is 1. The Hall–Kier alpha value is -2.96. The predicted octanol–water partition coefficient (Wildman–Crippen LogP) is 4.47. The van der Waals surface area contributed by atoms with Gasteiger partial charge in [-0.05, 0) is 81.7 Å². The predicted molar refractivity (Wildman–Crippen MR) is 144 cm³/mol. The summed E-state index contributed by atoms with van der Waals surface area (Å²) in [7, 11) is 5.50. The number of rotatable bonds is 10. The first-order chi connectivity index (χ1) is 16.7. The highest BCUT2D eigenvalue weighted by Crippen LogP contribution is 2.34. The normalized spacial score (nSPS) is 17.1. The molecule has 6 nitrogen and oxygen atoms in total. The van der Waals surface area contributed by atoms with Gasteiger partial charge in [-0.2, -0.15) is 0 Å². The molecule has 1 heterocycles. The summed E-state index contributed by atoms with van der Waals surface area (Å²) in [6.07, 6.45) is 9.13. The number of piperidine rings is 1. The molecule has 0 saturated carbocycles. The van der Waals surface area contributed by atoms with Gasteiger partial charge in [0.1, 0.15) is 0 Å². The number of benzene rings is 1. The number of carbonyl (C=O) groups excluding carboxylic acids is 2. The molecular weight excluding hydrogens is 438 g/mol. The Morgan fingerprint density at radius 1 is 1.14 bits per heavy atom. The van der Waals surface area contributed by atoms with Gasteiger partial charge in [-0.3, -0.25) is 9.59 Å². The molecule has 2 rings (SSSR count). The zero-order valence-corrected chi connectivity index (χ0v) is 22.2. The van der Waals surface area contributed by atoms with Gasteiger partial charge in [-0.15, -0.1) is 0 Å². The fourth-order valence-electron chi connectivity index (χ4n) is 4.35. The van der Waals surface area contributed by atoms with Crippen LogP contribution in [0.4, 0.5) is 0 Å². The van der Waals surface area contributed by atoms with Gasteiger partial charge >= 0.3 is 0 Å². The highest BCUT2D eigenvalue weighted by molar-refractivity contribution is 5.98. The molecule has 0 spiro atoms. The molecule has 1 saturated heterocycles. The average Bonchev–Trinajstić information content (AvgIpc) is 2.88. The van der Waals surface area contributed by atoms with Crippen molar-refractivity contribution in [2.75, 3.05) is 47.4 Å². The van der Waals surface area contributed by atoms with Crippen LogP contribution >= 0.6 is 0 Å². The number of methoxy groups -OCH3 is 1. The minimum absolute atomic E-state index is 0.0267. The van der Waals surface area contributed by atoms with E-state index in [1.165, 1.54) is 0 Å². The Morgan fingerprint density at radius 3 is 2.20 bits per heavy atom. The molecule has 0 aliphatic carbocycles. The number of amides is 2. The summed E-state index contributed by atoms with van der Waals surface area (Å²) in [5.41, 5.74) is 3.67. The summed E-state index contributed by atoms with van der Waals surface area (Å²) in [5.74, 6) is -0.150. The maximum absolute atomic E-state index is 12.8. The molecule has 1 aromatic carbocycles. The van der Waals surface area contributed by atoms with Crippen molar-refractivity contribution in [3.05, 3.63) is 77.4 Å². The van der Waals surface area contributed by atoms with Gasteiger partial charge in [0.25, 0.3) is 11.8 Å². The van der Waals surface area contributed by atoms with Crippen molar-refractivity contribution >= 4 is 17.4 Å². The van der Waals surface area contributed by atoms with Crippen LogP contribution in [0, 0.1) is 0 Å². The summed E-state index contributed by atoms with van der Waals surface area (Å²) >= 11 is 0. The van der Waals surface area contributed by atoms with Crippen LogP contribution in [0.3, 0.4) is 0 Å². The molecule has 1 fully saturated rings. The minimum atomic E-state index is -0.401. The number of hydrogen-bond acceptors (Lipinski definition) is 4. The number of likely N-dealkylation sites (N-methyl/N-ethyl adjacent to an activating group) is 1. The summed E-state index contributed by atoms with van der Waals surface area (Å²) in [5, 5.41) is 2.69. The van der Waals surface area contributed by atoms with E-state index < -0.39 is 5.60 Å². The third-order valence-corrected chi connectivity index (χ3v) is 6.72. The largest absolute Gasteiger partial charge is 0.374 e. The lowest BCUT2D eigenvalue weighted by Gasteiger charge is -2.38. The second kappa shape index (κ2) is 13.2. The second-order valence-electron chi connectivity index (χ2n) is 8.95. The Morgan fingerprint density at radius 2 is 1.71 bits per heavy atom. The Labute approximate surface area is 211 Å². The van der Waals surface area contributed by atoms with Crippen LogP contribution in [-0.2, 0) is 9.53 Å². The smallest absolute Gasteiger partial charge is 0.253 e. The molecule has 0 atom stereocenters. The molecule has 0 bridgehead atoms. The molecule has 6 heteroatoms. The monoisotopic (exact) mass is 479 g/mol. The van der Waals surface area contributed by atoms with Gasteiger partial charge in [0, 0.05) is 51.5 Å². The zero-order valence-electron chi connectivity index (χ0n) is 22.2. The van der Waals surface area contributed by atoms with E-state index in [1.54, 1.807) is 26.3 Å². The Bertz CT molecular complexity index is 977. The van der Waals surface area contributed by atoms with Crippen LogP contribution < -0.4 is 5.32 Å². The zero-order chi connectivity index (χ0) is 26.0. The van der Waals surface area contributed by atoms with E-state index in [1.807, 2.05) is 56.0 Å². The number of allylic oxidation sites excluding steroid dienone is 4. The van der Waals surface area contributed by atoms with Crippen LogP contribution in [-0.4, -0.2) is 74.6 Å². The van der Waals surface area contributed by atoms with Gasteiger partial charge in [0.05, 0.1) is 5.60 Å². The first kappa shape index (κ1) is 28.3. The molecule has 0 unspecified atom stereocenters. The number of hydrogen-bond donors (Lipinski definition) is 1. The van der Waals surface area contributed by atoms with Crippen molar-refractivity contribution in [1.29, 1.82) is 0 Å². The highest BCUT2D eigenvalue weighted by atomic mass is 16.5. The maximum Gasteiger partial charge on any atom is 0.253 e. The molecule has 0 radical (unpaired) electrons. The van der Waals surface area contributed by atoms with Crippen LogP contribution in [0.5, 0.6) is 0 Å². The third-order valence-electron chi connectivity index (χ3n) is 6.72. The molecule has 2 amide bonds. The van der Waals surface area contributed by atoms with E-state index in [9.17, 15) is 9.59 Å². The van der Waals surface area contributed by atoms with E-state index >= 15 is 0 Å². The van der Waals surface area contributed by atoms with E-state index in [0.717, 1.165) is 42.6 Å². The number of nitrogens with one attached hydrogen (secondary N) is 1. The van der Waals surface area contributed by atoms with Gasteiger partial charge in [-0.1, -0.05) is 30.9 Å². The lowest BCUT2D eigenvalue weighted by Crippen LogP contribution is -2.43. The van der Waals surface area contributed by atoms with Gasteiger partial charge in [0.15, 0.2) is 0 Å². The van der Waals surface area contributed by atoms with Crippen molar-refractivity contribution in [1.82, 2.24) is 15.1 Å². The molecule has 0 aromatic heterocycles. The third kappa shape index (κ3) is 7.26. The summed E-state index contributed by atoms with van der Waals surface area (Å²) in [6.45, 7) is 12.9. The van der Waals surface area contributed by atoms with Crippen LogP contribution in [0.25, 0.3) is 5.57 Å². The standard InChI is InChI=1S/C29H41N3O3/c1-8-11-25(27(33)30-5)20-22(4)26(21-29(35-7)16-18-31(6)19-17-29)23-12-14-24(15-13-23)28(34)32(9-2)10-3/h8,11-15,20-21H,1,9-10,16-19H2,2-7H3,(H,30,33)/b22-20+,25-11+,26-21+. The Balaban J connectivity index is 2.58. The van der Waals surface area contributed by atoms with E-state index in [2.05, 4.69) is 29.9 Å². The molecular formula is C29H41N3O3. The van der Waals surface area contributed by atoms with Crippen molar-refractivity contribution in [2.24, 2.45) is 0 Å². The SMILES string of the molecule is C=C\C=C(/C=C(C)/C(=C\C1(OC)CCN(C)CC1)c1ccc(C(=O)N(CC)CC)cc1)C(=O)NC. The van der Waals surface area contributed by atoms with Crippen LogP contribution in [0.2, 0.25) is 0 Å². The lowest BCUT2D eigenvalue weighted by molar-refractivity contribution is -0.116. The minimum Gasteiger partial charge on any atom is -0.374 e. The molecule has 1 aliphatic heterocycles. The van der Waals surface area contributed by atoms with Gasteiger partial charge in [0.2, 0.25) is 0 Å². The van der Waals surface area contributed by atoms with Gasteiger partial charge < -0.3 is 19.9 Å². The number of ether oxygens (including phenoxy) is 1. The first-order valence-corrected chi connectivity index (χ1v) is 12.3. The van der Waals surface area contributed by atoms with Gasteiger partial charge in [-0.25, -0.2) is 0 Å². The van der Waals surface area contributed by atoms with Crippen molar-refractivity contribution in [2.45, 2.75) is 39.2 Å². The maximum atomic E-state index is 12.8. The fourth-order valence-corrected chi connectivity index (χ4v) is 4.35. The number of nitrogens with zero attached hydrogens (tertiary/aromatic N) is 2. The molecule has 1 aromatic rings. The van der Waals surface area contributed by atoms with E-state index in [4.69, 9.17) is 4.74 Å². The Kier molecular flexibility index (Phi) is 10.7. The summed E-state index contributed by atoms with van der Waals surface area (Å²) < 4.78 is 6.07. The average molecular weight is 480 g/mol. The quantitative estimate of drug-likeness (QED) is 0.397. The summed E-state index contributed by atoms with van der Waals surface area (Å²) in [4.78, 5) is 29.3. The molecule has 1 aliphatic rings. The van der Waals surface area contributed by atoms with Crippen molar-refractivity contribution in [3.63, 3.8) is 0 Å². The van der Waals surface area contributed by atoms with E-state index in [0.29, 0.717) is 24.2 Å². The highest BCUT2D eigenvalue weighted by Gasteiger charge is 2.32. The topological polar surface area (TPSA) is 61.9 Å². The molecule has 1 N–H and O–H groups in total. The number of carbonyl (C=O) groups is 2.